The lowest BCUT2D eigenvalue weighted by Crippen LogP contribution is -2.46. The van der Waals surface area contributed by atoms with Gasteiger partial charge in [-0.3, -0.25) is 0 Å². The SMILES string of the molecule is CNP(=S)(Oc1cc(Cl)c(Cl)cc1Cl)N1CCN(c2ccc(Cl)cc2)CC1. The number of rotatable bonds is 5. The molecule has 1 aliphatic rings. The van der Waals surface area contributed by atoms with Crippen molar-refractivity contribution in [2.24, 2.45) is 0 Å². The van der Waals surface area contributed by atoms with Gasteiger partial charge < -0.3 is 9.42 Å². The number of halogens is 4. The Morgan fingerprint density at radius 3 is 2.11 bits per heavy atom. The molecule has 10 heteroatoms. The van der Waals surface area contributed by atoms with E-state index in [2.05, 4.69) is 14.7 Å². The summed E-state index contributed by atoms with van der Waals surface area (Å²) in [5.74, 6) is 0.434. The summed E-state index contributed by atoms with van der Waals surface area (Å²) in [4.78, 5) is 2.30. The fourth-order valence-electron chi connectivity index (χ4n) is 2.82. The molecule has 1 unspecified atom stereocenters. The van der Waals surface area contributed by atoms with Gasteiger partial charge in [0.1, 0.15) is 5.75 Å². The summed E-state index contributed by atoms with van der Waals surface area (Å²) in [6, 6.07) is 11.0. The van der Waals surface area contributed by atoms with Crippen LogP contribution in [0.3, 0.4) is 0 Å². The molecular weight excluding hydrogens is 467 g/mol. The number of hydrogen-bond donors (Lipinski definition) is 1. The van der Waals surface area contributed by atoms with Crippen LogP contribution in [0.2, 0.25) is 20.1 Å². The first-order valence-corrected chi connectivity index (χ1v) is 12.4. The molecule has 1 N–H and O–H groups in total. The minimum atomic E-state index is -2.50. The Bertz CT molecular complexity index is 860. The van der Waals surface area contributed by atoms with Gasteiger partial charge in [-0.2, -0.15) is 0 Å². The fourth-order valence-corrected chi connectivity index (χ4v) is 5.92. The average Bonchev–Trinajstić information content (AvgIpc) is 2.67. The molecule has 3 rings (SSSR count). The Labute approximate surface area is 184 Å². The van der Waals surface area contributed by atoms with Crippen molar-refractivity contribution in [3.05, 3.63) is 56.5 Å². The van der Waals surface area contributed by atoms with Crippen LogP contribution in [0.4, 0.5) is 5.69 Å². The lowest BCUT2D eigenvalue weighted by Gasteiger charge is -2.41. The van der Waals surface area contributed by atoms with Crippen LogP contribution in [0.15, 0.2) is 36.4 Å². The highest BCUT2D eigenvalue weighted by Gasteiger charge is 2.31. The second kappa shape index (κ2) is 9.06. The largest absolute Gasteiger partial charge is 0.439 e. The number of hydrogen-bond acceptors (Lipinski definition) is 3. The van der Waals surface area contributed by atoms with E-state index in [1.54, 1.807) is 19.2 Å². The summed E-state index contributed by atoms with van der Waals surface area (Å²) in [7, 11) is 1.80. The predicted octanol–water partition coefficient (Wildman–Crippen LogP) is 5.95. The van der Waals surface area contributed by atoms with Gasteiger partial charge in [-0.25, -0.2) is 9.76 Å². The highest BCUT2D eigenvalue weighted by atomic mass is 35.5. The molecule has 1 atom stereocenters. The topological polar surface area (TPSA) is 27.7 Å². The van der Waals surface area contributed by atoms with Crippen LogP contribution in [0.25, 0.3) is 0 Å². The summed E-state index contributed by atoms with van der Waals surface area (Å²) in [6.45, 7) is 0.691. The Hall–Kier alpha value is -0.230. The minimum Gasteiger partial charge on any atom is -0.439 e. The van der Waals surface area contributed by atoms with Gasteiger partial charge in [0.05, 0.1) is 15.1 Å². The van der Waals surface area contributed by atoms with Gasteiger partial charge in [0, 0.05) is 43.0 Å². The maximum atomic E-state index is 6.26. The van der Waals surface area contributed by atoms with Crippen molar-refractivity contribution < 1.29 is 4.52 Å². The van der Waals surface area contributed by atoms with Crippen LogP contribution in [-0.4, -0.2) is 37.9 Å². The van der Waals surface area contributed by atoms with Gasteiger partial charge in [0.25, 0.3) is 0 Å². The number of piperazine rings is 1. The molecule has 27 heavy (non-hydrogen) atoms. The Morgan fingerprint density at radius 2 is 1.52 bits per heavy atom. The lowest BCUT2D eigenvalue weighted by molar-refractivity contribution is 0.376. The molecule has 0 spiro atoms. The van der Waals surface area contributed by atoms with Gasteiger partial charge >= 0.3 is 0 Å². The van der Waals surface area contributed by atoms with Crippen molar-refractivity contribution in [1.82, 2.24) is 9.76 Å². The Kier molecular flexibility index (Phi) is 7.21. The second-order valence-corrected chi connectivity index (χ2v) is 11.3. The van der Waals surface area contributed by atoms with Crippen LogP contribution in [0, 0.1) is 0 Å². The number of nitrogens with zero attached hydrogens (tertiary/aromatic N) is 2. The number of anilines is 1. The highest BCUT2D eigenvalue weighted by Crippen LogP contribution is 2.50. The summed E-state index contributed by atoms with van der Waals surface area (Å²) < 4.78 is 8.30. The molecule has 0 aromatic heterocycles. The zero-order chi connectivity index (χ0) is 19.6. The summed E-state index contributed by atoms with van der Waals surface area (Å²) in [5.41, 5.74) is 1.14. The van der Waals surface area contributed by atoms with Crippen molar-refractivity contribution in [2.45, 2.75) is 0 Å². The zero-order valence-corrected chi connectivity index (χ0v) is 19.2. The second-order valence-electron chi connectivity index (χ2n) is 5.95. The standard InChI is InChI=1S/C17H18Cl4N3OPS/c1-22-26(27,25-17-11-15(20)14(19)10-16(17)21)24-8-6-23(7-9-24)13-4-2-12(18)3-5-13/h2-5,10-11H,6-9H2,1H3,(H,22,27). The van der Waals surface area contributed by atoms with Gasteiger partial charge in [0.2, 0.25) is 6.57 Å². The molecule has 0 radical (unpaired) electrons. The fraction of sp³-hybridized carbons (Fsp3) is 0.294. The average molecular weight is 485 g/mol. The van der Waals surface area contributed by atoms with Gasteiger partial charge in [-0.15, -0.1) is 0 Å². The monoisotopic (exact) mass is 483 g/mol. The van der Waals surface area contributed by atoms with Crippen molar-refractivity contribution in [3.8, 4) is 5.75 Å². The van der Waals surface area contributed by atoms with E-state index in [0.29, 0.717) is 20.8 Å². The molecule has 2 aromatic rings. The molecule has 1 aliphatic heterocycles. The van der Waals surface area contributed by atoms with Crippen LogP contribution in [-0.2, 0) is 11.8 Å². The zero-order valence-electron chi connectivity index (χ0n) is 14.5. The van der Waals surface area contributed by atoms with Gasteiger partial charge in [-0.1, -0.05) is 46.4 Å². The first-order valence-electron chi connectivity index (χ1n) is 8.21. The Morgan fingerprint density at radius 1 is 0.926 bits per heavy atom. The molecule has 0 amide bonds. The molecule has 0 saturated carbocycles. The quantitative estimate of drug-likeness (QED) is 0.418. The smallest absolute Gasteiger partial charge is 0.250 e. The van der Waals surface area contributed by atoms with E-state index < -0.39 is 6.57 Å². The van der Waals surface area contributed by atoms with Gasteiger partial charge in [0.15, 0.2) is 0 Å². The molecular formula is C17H18Cl4N3OPS. The predicted molar refractivity (Wildman–Crippen MR) is 121 cm³/mol. The highest BCUT2D eigenvalue weighted by molar-refractivity contribution is 8.10. The third-order valence-electron chi connectivity index (χ3n) is 4.30. The molecule has 1 saturated heterocycles. The molecule has 1 fully saturated rings. The minimum absolute atomic E-state index is 0.376. The molecule has 0 bridgehead atoms. The molecule has 4 nitrogen and oxygen atoms in total. The van der Waals surface area contributed by atoms with Crippen LogP contribution < -0.4 is 14.5 Å². The molecule has 146 valence electrons. The first kappa shape index (κ1) is 21.5. The van der Waals surface area contributed by atoms with Crippen molar-refractivity contribution in [1.29, 1.82) is 0 Å². The summed E-state index contributed by atoms with van der Waals surface area (Å²) in [6.07, 6.45) is 0. The van der Waals surface area contributed by atoms with E-state index in [0.717, 1.165) is 36.9 Å². The Balaban J connectivity index is 1.72. The number of benzene rings is 2. The first-order chi connectivity index (χ1) is 12.8. The summed E-state index contributed by atoms with van der Waals surface area (Å²) in [5, 5.41) is 5.05. The normalized spacial score (nSPS) is 17.6. The van der Waals surface area contributed by atoms with E-state index in [4.69, 9.17) is 62.7 Å². The molecule has 2 aromatic carbocycles. The third-order valence-corrected chi connectivity index (χ3v) is 9.19. The van der Waals surface area contributed by atoms with E-state index >= 15 is 0 Å². The van der Waals surface area contributed by atoms with E-state index in [1.165, 1.54) is 0 Å². The van der Waals surface area contributed by atoms with Crippen molar-refractivity contribution in [3.63, 3.8) is 0 Å². The maximum Gasteiger partial charge on any atom is 0.250 e. The van der Waals surface area contributed by atoms with Crippen molar-refractivity contribution >= 4 is 70.5 Å². The maximum absolute atomic E-state index is 6.26. The van der Waals surface area contributed by atoms with Crippen LogP contribution in [0.5, 0.6) is 5.75 Å². The number of nitrogens with one attached hydrogen (secondary N) is 1. The summed E-state index contributed by atoms with van der Waals surface area (Å²) >= 11 is 30.2. The van der Waals surface area contributed by atoms with Crippen LogP contribution >= 0.6 is 53.0 Å². The molecule has 1 heterocycles. The van der Waals surface area contributed by atoms with E-state index in [-0.39, 0.29) is 0 Å². The molecule has 0 aliphatic carbocycles. The van der Waals surface area contributed by atoms with Crippen molar-refractivity contribution in [2.75, 3.05) is 38.1 Å². The van der Waals surface area contributed by atoms with Gasteiger partial charge in [-0.05, 0) is 49.2 Å². The lowest BCUT2D eigenvalue weighted by atomic mass is 10.2. The van der Waals surface area contributed by atoms with Crippen LogP contribution in [0.1, 0.15) is 0 Å². The third kappa shape index (κ3) is 5.04. The van der Waals surface area contributed by atoms with E-state index in [9.17, 15) is 0 Å². The van der Waals surface area contributed by atoms with E-state index in [1.807, 2.05) is 24.3 Å².